The van der Waals surface area contributed by atoms with E-state index in [1.165, 1.54) is 10.9 Å². The molecule has 4 rings (SSSR count). The third-order valence-corrected chi connectivity index (χ3v) is 6.03. The summed E-state index contributed by atoms with van der Waals surface area (Å²) in [5.74, 6) is 0.0536. The van der Waals surface area contributed by atoms with Gasteiger partial charge in [-0.05, 0) is 47.4 Å². The van der Waals surface area contributed by atoms with Gasteiger partial charge in [-0.15, -0.1) is 0 Å². The molecule has 0 saturated carbocycles. The number of para-hydroxylation sites is 1. The fourth-order valence-electron chi connectivity index (χ4n) is 3.65. The predicted molar refractivity (Wildman–Crippen MR) is 127 cm³/mol. The molecule has 0 aliphatic rings. The molecule has 30 heavy (non-hydrogen) atoms. The SMILES string of the molecule is O=C(CCc1cn(Cc2ccccc2Cl)c2ccccc12)NCc1cccc(Br)c1. The first kappa shape index (κ1) is 20.7. The number of halogens is 2. The summed E-state index contributed by atoms with van der Waals surface area (Å²) in [5.41, 5.74) is 4.49. The Kier molecular flexibility index (Phi) is 6.56. The average Bonchev–Trinajstić information content (AvgIpc) is 3.10. The smallest absolute Gasteiger partial charge is 0.220 e. The average molecular weight is 482 g/mol. The topological polar surface area (TPSA) is 34.0 Å². The molecule has 152 valence electrons. The Balaban J connectivity index is 1.45. The quantitative estimate of drug-likeness (QED) is 0.328. The van der Waals surface area contributed by atoms with Crippen molar-refractivity contribution in [3.8, 4) is 0 Å². The summed E-state index contributed by atoms with van der Waals surface area (Å²) in [6.07, 6.45) is 3.30. The highest BCUT2D eigenvalue weighted by molar-refractivity contribution is 9.10. The molecule has 0 unspecified atom stereocenters. The van der Waals surface area contributed by atoms with Gasteiger partial charge in [-0.1, -0.05) is 76.1 Å². The van der Waals surface area contributed by atoms with Crippen molar-refractivity contribution in [2.75, 3.05) is 0 Å². The largest absolute Gasteiger partial charge is 0.352 e. The fraction of sp³-hybridized carbons (Fsp3) is 0.160. The molecule has 3 nitrogen and oxygen atoms in total. The van der Waals surface area contributed by atoms with Crippen LogP contribution in [0.2, 0.25) is 5.02 Å². The van der Waals surface area contributed by atoms with Gasteiger partial charge in [0, 0.05) is 46.1 Å². The summed E-state index contributed by atoms with van der Waals surface area (Å²) in [4.78, 5) is 12.4. The maximum absolute atomic E-state index is 12.4. The summed E-state index contributed by atoms with van der Waals surface area (Å²) in [6.45, 7) is 1.24. The number of amides is 1. The van der Waals surface area contributed by atoms with Crippen LogP contribution in [0.4, 0.5) is 0 Å². The van der Waals surface area contributed by atoms with Crippen LogP contribution < -0.4 is 5.32 Å². The van der Waals surface area contributed by atoms with Gasteiger partial charge in [-0.25, -0.2) is 0 Å². The lowest BCUT2D eigenvalue weighted by Crippen LogP contribution is -2.22. The van der Waals surface area contributed by atoms with Crippen LogP contribution in [0.1, 0.15) is 23.1 Å². The van der Waals surface area contributed by atoms with Crippen molar-refractivity contribution >= 4 is 44.3 Å². The van der Waals surface area contributed by atoms with Crippen LogP contribution in [0.25, 0.3) is 10.9 Å². The number of carbonyl (C=O) groups excluding carboxylic acids is 1. The van der Waals surface area contributed by atoms with Crippen LogP contribution >= 0.6 is 27.5 Å². The van der Waals surface area contributed by atoms with Crippen molar-refractivity contribution in [3.05, 3.63) is 105 Å². The zero-order chi connectivity index (χ0) is 20.9. The molecule has 0 atom stereocenters. The van der Waals surface area contributed by atoms with Crippen LogP contribution in [-0.4, -0.2) is 10.5 Å². The van der Waals surface area contributed by atoms with E-state index in [0.717, 1.165) is 26.1 Å². The number of benzene rings is 3. The Morgan fingerprint density at radius 2 is 1.77 bits per heavy atom. The van der Waals surface area contributed by atoms with Crippen LogP contribution in [0.5, 0.6) is 0 Å². The van der Waals surface area contributed by atoms with Crippen molar-refractivity contribution in [2.24, 2.45) is 0 Å². The number of aromatic nitrogens is 1. The lowest BCUT2D eigenvalue weighted by atomic mass is 10.1. The Bertz CT molecular complexity index is 1180. The van der Waals surface area contributed by atoms with E-state index in [1.54, 1.807) is 0 Å². The van der Waals surface area contributed by atoms with Gasteiger partial charge in [-0.3, -0.25) is 4.79 Å². The summed E-state index contributed by atoms with van der Waals surface area (Å²) in [6, 6.07) is 24.2. The van der Waals surface area contributed by atoms with Crippen LogP contribution in [-0.2, 0) is 24.3 Å². The van der Waals surface area contributed by atoms with Crippen molar-refractivity contribution < 1.29 is 4.79 Å². The molecule has 1 aromatic heterocycles. The van der Waals surface area contributed by atoms with E-state index < -0.39 is 0 Å². The van der Waals surface area contributed by atoms with E-state index in [0.29, 0.717) is 25.9 Å². The van der Waals surface area contributed by atoms with E-state index in [1.807, 2.05) is 60.7 Å². The van der Waals surface area contributed by atoms with Gasteiger partial charge in [0.05, 0.1) is 0 Å². The van der Waals surface area contributed by atoms with Crippen molar-refractivity contribution in [3.63, 3.8) is 0 Å². The van der Waals surface area contributed by atoms with Gasteiger partial charge in [0.25, 0.3) is 0 Å². The molecule has 0 saturated heterocycles. The lowest BCUT2D eigenvalue weighted by molar-refractivity contribution is -0.121. The standard InChI is InChI=1S/C25H22BrClN2O/c26-21-8-5-6-18(14-21)15-28-25(30)13-12-19-16-29(24-11-4-2-9-22(19)24)17-20-7-1-3-10-23(20)27/h1-11,14,16H,12-13,15,17H2,(H,28,30). The highest BCUT2D eigenvalue weighted by atomic mass is 79.9. The Morgan fingerprint density at radius 1 is 0.967 bits per heavy atom. The zero-order valence-corrected chi connectivity index (χ0v) is 18.8. The molecule has 5 heteroatoms. The highest BCUT2D eigenvalue weighted by Crippen LogP contribution is 2.25. The van der Waals surface area contributed by atoms with Crippen molar-refractivity contribution in [1.29, 1.82) is 0 Å². The molecule has 0 aliphatic carbocycles. The summed E-state index contributed by atoms with van der Waals surface area (Å²) < 4.78 is 3.23. The first-order valence-electron chi connectivity index (χ1n) is 9.91. The number of nitrogens with zero attached hydrogens (tertiary/aromatic N) is 1. The second-order valence-corrected chi connectivity index (χ2v) is 8.62. The third kappa shape index (κ3) is 4.94. The number of rotatable bonds is 7. The highest BCUT2D eigenvalue weighted by Gasteiger charge is 2.11. The minimum Gasteiger partial charge on any atom is -0.352 e. The lowest BCUT2D eigenvalue weighted by Gasteiger charge is -2.07. The number of fused-ring (bicyclic) bond motifs is 1. The van der Waals surface area contributed by atoms with E-state index in [4.69, 9.17) is 11.6 Å². The molecule has 0 aliphatic heterocycles. The zero-order valence-electron chi connectivity index (χ0n) is 16.4. The molecule has 0 spiro atoms. The molecule has 1 N–H and O–H groups in total. The molecule has 1 amide bonds. The number of nitrogens with one attached hydrogen (secondary N) is 1. The summed E-state index contributed by atoms with van der Waals surface area (Å²) in [7, 11) is 0. The van der Waals surface area contributed by atoms with E-state index in [-0.39, 0.29) is 5.91 Å². The van der Waals surface area contributed by atoms with Gasteiger partial charge < -0.3 is 9.88 Å². The van der Waals surface area contributed by atoms with Crippen LogP contribution in [0, 0.1) is 0 Å². The third-order valence-electron chi connectivity index (χ3n) is 5.17. The van der Waals surface area contributed by atoms with E-state index >= 15 is 0 Å². The minimum atomic E-state index is 0.0536. The predicted octanol–water partition coefficient (Wildman–Crippen LogP) is 6.35. The Labute approximate surface area is 189 Å². The van der Waals surface area contributed by atoms with Gasteiger partial charge in [0.1, 0.15) is 0 Å². The first-order valence-corrected chi connectivity index (χ1v) is 11.1. The van der Waals surface area contributed by atoms with Gasteiger partial charge >= 0.3 is 0 Å². The molecular weight excluding hydrogens is 460 g/mol. The molecule has 0 bridgehead atoms. The second-order valence-electron chi connectivity index (χ2n) is 7.30. The second kappa shape index (κ2) is 9.50. The monoisotopic (exact) mass is 480 g/mol. The maximum Gasteiger partial charge on any atom is 0.220 e. The number of hydrogen-bond acceptors (Lipinski definition) is 1. The normalized spacial score (nSPS) is 11.0. The van der Waals surface area contributed by atoms with Crippen molar-refractivity contribution in [1.82, 2.24) is 9.88 Å². The molecule has 1 heterocycles. The number of carbonyl (C=O) groups is 1. The van der Waals surface area contributed by atoms with Gasteiger partial charge in [-0.2, -0.15) is 0 Å². The molecular formula is C25H22BrClN2O. The van der Waals surface area contributed by atoms with Crippen molar-refractivity contribution in [2.45, 2.75) is 25.9 Å². The van der Waals surface area contributed by atoms with Crippen LogP contribution in [0.15, 0.2) is 83.5 Å². The first-order chi connectivity index (χ1) is 14.6. The summed E-state index contributed by atoms with van der Waals surface area (Å²) in [5, 5.41) is 4.97. The van der Waals surface area contributed by atoms with Gasteiger partial charge in [0.2, 0.25) is 5.91 Å². The maximum atomic E-state index is 12.4. The Hall–Kier alpha value is -2.56. The number of hydrogen-bond donors (Lipinski definition) is 1. The minimum absolute atomic E-state index is 0.0536. The van der Waals surface area contributed by atoms with E-state index in [2.05, 4.69) is 44.1 Å². The molecule has 0 fully saturated rings. The summed E-state index contributed by atoms with van der Waals surface area (Å²) >= 11 is 9.82. The van der Waals surface area contributed by atoms with E-state index in [9.17, 15) is 4.79 Å². The Morgan fingerprint density at radius 3 is 2.60 bits per heavy atom. The van der Waals surface area contributed by atoms with Crippen LogP contribution in [0.3, 0.4) is 0 Å². The molecule has 3 aromatic carbocycles. The molecule has 4 aromatic rings. The molecule has 0 radical (unpaired) electrons. The van der Waals surface area contributed by atoms with Gasteiger partial charge in [0.15, 0.2) is 0 Å². The number of aryl methyl sites for hydroxylation is 1. The fourth-order valence-corrected chi connectivity index (χ4v) is 4.29.